The fourth-order valence-electron chi connectivity index (χ4n) is 2.01. The Kier molecular flexibility index (Phi) is 3.16. The van der Waals surface area contributed by atoms with E-state index in [1.807, 2.05) is 24.3 Å². The Morgan fingerprint density at radius 3 is 2.95 bits per heavy atom. The van der Waals surface area contributed by atoms with Gasteiger partial charge in [0.15, 0.2) is 0 Å². The number of aromatic amines is 1. The molecule has 1 aliphatic rings. The lowest BCUT2D eigenvalue weighted by Gasteiger charge is -2.01. The number of para-hydroxylation sites is 2. The van der Waals surface area contributed by atoms with Crippen LogP contribution in [0.25, 0.3) is 11.0 Å². The van der Waals surface area contributed by atoms with Crippen molar-refractivity contribution in [2.45, 2.75) is 12.8 Å². The summed E-state index contributed by atoms with van der Waals surface area (Å²) in [4.78, 5) is 30.2. The second kappa shape index (κ2) is 5.12. The number of aromatic nitrogens is 2. The fraction of sp³-hybridized carbons (Fsp3) is 0.231. The Morgan fingerprint density at radius 1 is 1.35 bits per heavy atom. The van der Waals surface area contributed by atoms with Crippen LogP contribution in [0.1, 0.15) is 12.2 Å². The molecule has 3 rings (SSSR count). The molecule has 7 heteroatoms. The highest BCUT2D eigenvalue weighted by molar-refractivity contribution is 6.43. The van der Waals surface area contributed by atoms with Crippen LogP contribution in [-0.4, -0.2) is 34.0 Å². The first-order chi connectivity index (χ1) is 9.72. The average molecular weight is 271 g/mol. The van der Waals surface area contributed by atoms with Crippen LogP contribution in [0.2, 0.25) is 0 Å². The van der Waals surface area contributed by atoms with Gasteiger partial charge in [-0.1, -0.05) is 12.1 Å². The number of hydrogen-bond donors (Lipinski definition) is 3. The second-order valence-electron chi connectivity index (χ2n) is 4.48. The maximum atomic E-state index is 11.7. The number of rotatable bonds is 4. The monoisotopic (exact) mass is 271 g/mol. The first-order valence-corrected chi connectivity index (χ1v) is 6.29. The minimum atomic E-state index is -0.320. The van der Waals surface area contributed by atoms with E-state index in [9.17, 15) is 9.59 Å². The van der Waals surface area contributed by atoms with Crippen LogP contribution in [0.15, 0.2) is 29.4 Å². The zero-order valence-electron chi connectivity index (χ0n) is 10.6. The van der Waals surface area contributed by atoms with E-state index in [0.717, 1.165) is 16.9 Å². The highest BCUT2D eigenvalue weighted by Crippen LogP contribution is 2.10. The molecule has 0 spiro atoms. The third kappa shape index (κ3) is 2.51. The summed E-state index contributed by atoms with van der Waals surface area (Å²) in [5.41, 5.74) is 4.35. The van der Waals surface area contributed by atoms with Crippen molar-refractivity contribution in [3.8, 4) is 0 Å². The van der Waals surface area contributed by atoms with E-state index in [2.05, 4.69) is 25.8 Å². The van der Waals surface area contributed by atoms with Gasteiger partial charge in [0.2, 0.25) is 5.91 Å². The molecular formula is C13H13N5O2. The SMILES string of the molecule is O=C1CC(C(=O)NCCc2nc3ccccc3[nH]2)=NN1. The number of amides is 2. The minimum absolute atomic E-state index is 0.0382. The Balaban J connectivity index is 1.55. The Labute approximate surface area is 114 Å². The van der Waals surface area contributed by atoms with Crippen molar-refractivity contribution >= 4 is 28.6 Å². The van der Waals surface area contributed by atoms with Crippen molar-refractivity contribution in [1.82, 2.24) is 20.7 Å². The van der Waals surface area contributed by atoms with Gasteiger partial charge in [0, 0.05) is 13.0 Å². The molecule has 0 aliphatic carbocycles. The topological polar surface area (TPSA) is 99.2 Å². The van der Waals surface area contributed by atoms with Crippen LogP contribution in [0.3, 0.4) is 0 Å². The van der Waals surface area contributed by atoms with Crippen molar-refractivity contribution in [2.75, 3.05) is 6.54 Å². The summed E-state index contributed by atoms with van der Waals surface area (Å²) in [5, 5.41) is 6.37. The molecule has 2 aromatic rings. The Bertz CT molecular complexity index is 671. The fourth-order valence-corrected chi connectivity index (χ4v) is 2.01. The van der Waals surface area contributed by atoms with Crippen molar-refractivity contribution in [2.24, 2.45) is 5.10 Å². The third-order valence-corrected chi connectivity index (χ3v) is 2.99. The summed E-state index contributed by atoms with van der Waals surface area (Å²) < 4.78 is 0. The van der Waals surface area contributed by atoms with Gasteiger partial charge in [-0.25, -0.2) is 10.4 Å². The normalized spacial score (nSPS) is 14.2. The molecular weight excluding hydrogens is 258 g/mol. The number of nitrogens with zero attached hydrogens (tertiary/aromatic N) is 2. The van der Waals surface area contributed by atoms with Crippen molar-refractivity contribution in [3.05, 3.63) is 30.1 Å². The largest absolute Gasteiger partial charge is 0.350 e. The summed E-state index contributed by atoms with van der Waals surface area (Å²) in [5.74, 6) is 0.237. The van der Waals surface area contributed by atoms with Crippen LogP contribution in [0.4, 0.5) is 0 Å². The van der Waals surface area contributed by atoms with Crippen LogP contribution in [0, 0.1) is 0 Å². The van der Waals surface area contributed by atoms with Gasteiger partial charge in [0.1, 0.15) is 11.5 Å². The highest BCUT2D eigenvalue weighted by atomic mass is 16.2. The van der Waals surface area contributed by atoms with Crippen LogP contribution >= 0.6 is 0 Å². The van der Waals surface area contributed by atoms with Gasteiger partial charge in [0.05, 0.1) is 17.5 Å². The van der Waals surface area contributed by atoms with Crippen molar-refractivity contribution in [1.29, 1.82) is 0 Å². The molecule has 0 atom stereocenters. The number of carbonyl (C=O) groups is 2. The van der Waals surface area contributed by atoms with E-state index in [-0.39, 0.29) is 23.9 Å². The number of H-pyrrole nitrogens is 1. The van der Waals surface area contributed by atoms with E-state index >= 15 is 0 Å². The minimum Gasteiger partial charge on any atom is -0.350 e. The molecule has 1 aliphatic heterocycles. The van der Waals surface area contributed by atoms with Gasteiger partial charge >= 0.3 is 0 Å². The Morgan fingerprint density at radius 2 is 2.20 bits per heavy atom. The maximum absolute atomic E-state index is 11.7. The molecule has 7 nitrogen and oxygen atoms in total. The molecule has 102 valence electrons. The molecule has 0 bridgehead atoms. The molecule has 20 heavy (non-hydrogen) atoms. The zero-order chi connectivity index (χ0) is 13.9. The zero-order valence-corrected chi connectivity index (χ0v) is 10.6. The number of imidazole rings is 1. The molecule has 0 unspecified atom stereocenters. The van der Waals surface area contributed by atoms with Gasteiger partial charge in [0.25, 0.3) is 5.91 Å². The van der Waals surface area contributed by atoms with Crippen molar-refractivity contribution < 1.29 is 9.59 Å². The van der Waals surface area contributed by atoms with E-state index in [1.54, 1.807) is 0 Å². The molecule has 0 saturated carbocycles. The third-order valence-electron chi connectivity index (χ3n) is 2.99. The van der Waals surface area contributed by atoms with Crippen molar-refractivity contribution in [3.63, 3.8) is 0 Å². The number of nitrogens with one attached hydrogen (secondary N) is 3. The summed E-state index contributed by atoms with van der Waals surface area (Å²) in [7, 11) is 0. The average Bonchev–Trinajstić information content (AvgIpc) is 3.04. The first-order valence-electron chi connectivity index (χ1n) is 6.29. The highest BCUT2D eigenvalue weighted by Gasteiger charge is 2.20. The molecule has 0 radical (unpaired) electrons. The summed E-state index contributed by atoms with van der Waals surface area (Å²) in [6, 6.07) is 7.75. The molecule has 0 saturated heterocycles. The predicted molar refractivity (Wildman–Crippen MR) is 73.0 cm³/mol. The van der Waals surface area contributed by atoms with Gasteiger partial charge in [-0.3, -0.25) is 9.59 Å². The summed E-state index contributed by atoms with van der Waals surface area (Å²) >= 11 is 0. The lowest BCUT2D eigenvalue weighted by Crippen LogP contribution is -2.32. The smallest absolute Gasteiger partial charge is 0.268 e. The van der Waals surface area contributed by atoms with Gasteiger partial charge < -0.3 is 10.3 Å². The van der Waals surface area contributed by atoms with Gasteiger partial charge in [-0.15, -0.1) is 0 Å². The number of hydrogen-bond acceptors (Lipinski definition) is 4. The molecule has 1 aromatic carbocycles. The maximum Gasteiger partial charge on any atom is 0.268 e. The molecule has 3 N–H and O–H groups in total. The van der Waals surface area contributed by atoms with Gasteiger partial charge in [-0.05, 0) is 12.1 Å². The van der Waals surface area contributed by atoms with Gasteiger partial charge in [-0.2, -0.15) is 5.10 Å². The predicted octanol–water partition coefficient (Wildman–Crippen LogP) is 0.0975. The van der Waals surface area contributed by atoms with E-state index in [4.69, 9.17) is 0 Å². The summed E-state index contributed by atoms with van der Waals surface area (Å²) in [6.07, 6.45) is 0.631. The summed E-state index contributed by atoms with van der Waals surface area (Å²) in [6.45, 7) is 0.436. The molecule has 0 fully saturated rings. The lowest BCUT2D eigenvalue weighted by molar-refractivity contribution is -0.120. The van der Waals surface area contributed by atoms with Crippen LogP contribution in [0.5, 0.6) is 0 Å². The number of benzene rings is 1. The number of carbonyl (C=O) groups excluding carboxylic acids is 2. The van der Waals surface area contributed by atoms with Crippen LogP contribution in [-0.2, 0) is 16.0 Å². The first kappa shape index (κ1) is 12.3. The lowest BCUT2D eigenvalue weighted by atomic mass is 10.2. The molecule has 2 amide bonds. The van der Waals surface area contributed by atoms with E-state index in [1.165, 1.54) is 0 Å². The van der Waals surface area contributed by atoms with Crippen LogP contribution < -0.4 is 10.7 Å². The number of fused-ring (bicyclic) bond motifs is 1. The quantitative estimate of drug-likeness (QED) is 0.735. The standard InChI is InChI=1S/C13H13N5O2/c19-12-7-10(17-18-12)13(20)14-6-5-11-15-8-3-1-2-4-9(8)16-11/h1-4H,5-7H2,(H,14,20)(H,15,16)(H,18,19). The second-order valence-corrected chi connectivity index (χ2v) is 4.48. The number of hydrazone groups is 1. The van der Waals surface area contributed by atoms with E-state index < -0.39 is 0 Å². The Hall–Kier alpha value is -2.70. The molecule has 2 heterocycles. The molecule has 1 aromatic heterocycles. The van der Waals surface area contributed by atoms with E-state index in [0.29, 0.717) is 13.0 Å².